The molecule has 1 saturated heterocycles. The number of benzene rings is 1. The molecule has 1 heterocycles. The van der Waals surface area contributed by atoms with Crippen LogP contribution in [-0.4, -0.2) is 41.6 Å². The Kier molecular flexibility index (Phi) is 6.30. The summed E-state index contributed by atoms with van der Waals surface area (Å²) < 4.78 is 0. The second-order valence-corrected chi connectivity index (χ2v) is 6.17. The van der Waals surface area contributed by atoms with Crippen LogP contribution in [0.5, 0.6) is 0 Å². The summed E-state index contributed by atoms with van der Waals surface area (Å²) in [5.74, 6) is -0.924. The van der Waals surface area contributed by atoms with Gasteiger partial charge in [0.05, 0.1) is 6.42 Å². The molecule has 2 amide bonds. The van der Waals surface area contributed by atoms with Crippen LogP contribution < -0.4 is 5.32 Å². The number of urea groups is 1. The number of carboxylic acids is 1. The van der Waals surface area contributed by atoms with Crippen molar-refractivity contribution >= 4 is 41.3 Å². The standard InChI is InChI=1S/C16H18Cl2N2O3/c17-13-1-2-14(18)12(10-13)9-11-4-7-20(8-5-11)16(23)19-6-3-15(21)22/h1-2,9-10H,3-8H2,(H,19,23)(H,21,22). The van der Waals surface area contributed by atoms with Crippen LogP contribution in [0.1, 0.15) is 24.8 Å². The van der Waals surface area contributed by atoms with Gasteiger partial charge in [-0.3, -0.25) is 4.79 Å². The summed E-state index contributed by atoms with van der Waals surface area (Å²) in [6, 6.07) is 5.12. The van der Waals surface area contributed by atoms with Crippen molar-refractivity contribution in [1.29, 1.82) is 0 Å². The van der Waals surface area contributed by atoms with Gasteiger partial charge in [-0.15, -0.1) is 0 Å². The van der Waals surface area contributed by atoms with E-state index >= 15 is 0 Å². The van der Waals surface area contributed by atoms with Crippen molar-refractivity contribution in [2.24, 2.45) is 0 Å². The van der Waals surface area contributed by atoms with Crippen LogP contribution in [-0.2, 0) is 4.79 Å². The number of halogens is 2. The lowest BCUT2D eigenvalue weighted by Crippen LogP contribution is -2.43. The van der Waals surface area contributed by atoms with E-state index in [4.69, 9.17) is 28.3 Å². The Morgan fingerprint density at radius 2 is 1.96 bits per heavy atom. The van der Waals surface area contributed by atoms with Crippen molar-refractivity contribution in [2.75, 3.05) is 19.6 Å². The van der Waals surface area contributed by atoms with Crippen LogP contribution in [0.3, 0.4) is 0 Å². The molecule has 23 heavy (non-hydrogen) atoms. The lowest BCUT2D eigenvalue weighted by molar-refractivity contribution is -0.136. The number of carboxylic acid groups (broad SMARTS) is 1. The molecule has 1 aliphatic rings. The molecule has 0 aromatic heterocycles. The van der Waals surface area contributed by atoms with Crippen molar-refractivity contribution in [2.45, 2.75) is 19.3 Å². The van der Waals surface area contributed by atoms with Gasteiger partial charge < -0.3 is 15.3 Å². The first-order chi connectivity index (χ1) is 11.0. The van der Waals surface area contributed by atoms with E-state index in [0.29, 0.717) is 23.1 Å². The minimum Gasteiger partial charge on any atom is -0.481 e. The average molecular weight is 357 g/mol. The van der Waals surface area contributed by atoms with Crippen molar-refractivity contribution < 1.29 is 14.7 Å². The molecule has 1 fully saturated rings. The third-order valence-corrected chi connectivity index (χ3v) is 4.20. The number of nitrogens with one attached hydrogen (secondary N) is 1. The van der Waals surface area contributed by atoms with Gasteiger partial charge in [-0.1, -0.05) is 34.9 Å². The molecule has 0 atom stereocenters. The second-order valence-electron chi connectivity index (χ2n) is 5.33. The quantitative estimate of drug-likeness (QED) is 0.864. The molecule has 0 saturated carbocycles. The Morgan fingerprint density at radius 3 is 2.61 bits per heavy atom. The first-order valence-corrected chi connectivity index (χ1v) is 8.10. The molecule has 5 nitrogen and oxygen atoms in total. The maximum Gasteiger partial charge on any atom is 0.317 e. The molecular formula is C16H18Cl2N2O3. The predicted octanol–water partition coefficient (Wildman–Crippen LogP) is 3.66. The highest BCUT2D eigenvalue weighted by molar-refractivity contribution is 6.34. The van der Waals surface area contributed by atoms with E-state index in [-0.39, 0.29) is 19.0 Å². The molecule has 2 rings (SSSR count). The van der Waals surface area contributed by atoms with E-state index in [9.17, 15) is 9.59 Å². The van der Waals surface area contributed by atoms with Gasteiger partial charge >= 0.3 is 12.0 Å². The third kappa shape index (κ3) is 5.44. The number of rotatable bonds is 4. The highest BCUT2D eigenvalue weighted by Gasteiger charge is 2.19. The summed E-state index contributed by atoms with van der Waals surface area (Å²) >= 11 is 12.1. The molecule has 1 aromatic carbocycles. The fraction of sp³-hybridized carbons (Fsp3) is 0.375. The number of aliphatic carboxylic acids is 1. The first kappa shape index (κ1) is 17.6. The summed E-state index contributed by atoms with van der Waals surface area (Å²) in [4.78, 5) is 24.0. The van der Waals surface area contributed by atoms with Crippen molar-refractivity contribution in [3.63, 3.8) is 0 Å². The Bertz CT molecular complexity index is 622. The lowest BCUT2D eigenvalue weighted by atomic mass is 10.0. The molecule has 1 aromatic rings. The number of nitrogens with zero attached hydrogens (tertiary/aromatic N) is 1. The van der Waals surface area contributed by atoms with Crippen LogP contribution in [0, 0.1) is 0 Å². The predicted molar refractivity (Wildman–Crippen MR) is 90.9 cm³/mol. The number of likely N-dealkylation sites (tertiary alicyclic amines) is 1. The molecule has 2 N–H and O–H groups in total. The lowest BCUT2D eigenvalue weighted by Gasteiger charge is -2.28. The summed E-state index contributed by atoms with van der Waals surface area (Å²) in [5.41, 5.74) is 2.09. The van der Waals surface area contributed by atoms with Crippen molar-refractivity contribution in [1.82, 2.24) is 10.2 Å². The van der Waals surface area contributed by atoms with Crippen LogP contribution in [0.25, 0.3) is 6.08 Å². The zero-order valence-electron chi connectivity index (χ0n) is 12.5. The highest BCUT2D eigenvalue weighted by Crippen LogP contribution is 2.26. The van der Waals surface area contributed by atoms with Gasteiger partial charge in [-0.25, -0.2) is 4.79 Å². The topological polar surface area (TPSA) is 69.6 Å². The highest BCUT2D eigenvalue weighted by atomic mass is 35.5. The van der Waals surface area contributed by atoms with Crippen LogP contribution in [0.15, 0.2) is 23.8 Å². The molecule has 0 radical (unpaired) electrons. The third-order valence-electron chi connectivity index (χ3n) is 3.63. The molecule has 0 aliphatic carbocycles. The number of amides is 2. The van der Waals surface area contributed by atoms with E-state index in [0.717, 1.165) is 18.4 Å². The van der Waals surface area contributed by atoms with Gasteiger partial charge in [0.25, 0.3) is 0 Å². The minimum atomic E-state index is -0.924. The van der Waals surface area contributed by atoms with Gasteiger partial charge in [-0.2, -0.15) is 0 Å². The molecule has 124 valence electrons. The molecule has 0 unspecified atom stereocenters. The zero-order chi connectivity index (χ0) is 16.8. The van der Waals surface area contributed by atoms with E-state index < -0.39 is 5.97 Å². The van der Waals surface area contributed by atoms with E-state index in [1.54, 1.807) is 17.0 Å². The average Bonchev–Trinajstić information content (AvgIpc) is 2.51. The maximum atomic E-state index is 11.9. The molecule has 1 aliphatic heterocycles. The van der Waals surface area contributed by atoms with Gasteiger partial charge in [0.15, 0.2) is 0 Å². The number of hydrogen-bond donors (Lipinski definition) is 2. The maximum absolute atomic E-state index is 11.9. The normalized spacial score (nSPS) is 14.5. The fourth-order valence-electron chi connectivity index (χ4n) is 2.37. The SMILES string of the molecule is O=C(O)CCNC(=O)N1CCC(=Cc2cc(Cl)ccc2Cl)CC1. The molecule has 7 heteroatoms. The Labute approximate surface area is 144 Å². The van der Waals surface area contributed by atoms with Crippen molar-refractivity contribution in [3.8, 4) is 0 Å². The summed E-state index contributed by atoms with van der Waals surface area (Å²) in [7, 11) is 0. The smallest absolute Gasteiger partial charge is 0.317 e. The summed E-state index contributed by atoms with van der Waals surface area (Å²) in [6.07, 6.45) is 3.47. The number of hydrogen-bond acceptors (Lipinski definition) is 2. The Hall–Kier alpha value is -1.72. The van der Waals surface area contributed by atoms with Crippen LogP contribution >= 0.6 is 23.2 Å². The summed E-state index contributed by atoms with van der Waals surface area (Å²) in [6.45, 7) is 1.34. The van der Waals surface area contributed by atoms with Gasteiger partial charge in [0.2, 0.25) is 0 Å². The number of piperidine rings is 1. The monoisotopic (exact) mass is 356 g/mol. The number of carbonyl (C=O) groups excluding carboxylic acids is 1. The Morgan fingerprint density at radius 1 is 1.26 bits per heavy atom. The van der Waals surface area contributed by atoms with Gasteiger partial charge in [-0.05, 0) is 36.6 Å². The molecule has 0 spiro atoms. The Balaban J connectivity index is 1.88. The van der Waals surface area contributed by atoms with Crippen molar-refractivity contribution in [3.05, 3.63) is 39.4 Å². The van der Waals surface area contributed by atoms with Gasteiger partial charge in [0, 0.05) is 29.7 Å². The largest absolute Gasteiger partial charge is 0.481 e. The molecular weight excluding hydrogens is 339 g/mol. The van der Waals surface area contributed by atoms with E-state index in [1.807, 2.05) is 12.1 Å². The second kappa shape index (κ2) is 8.22. The van der Waals surface area contributed by atoms with Crippen LogP contribution in [0.4, 0.5) is 4.79 Å². The molecule has 0 bridgehead atoms. The number of carbonyl (C=O) groups is 2. The first-order valence-electron chi connectivity index (χ1n) is 7.35. The van der Waals surface area contributed by atoms with Gasteiger partial charge in [0.1, 0.15) is 0 Å². The zero-order valence-corrected chi connectivity index (χ0v) is 14.0. The minimum absolute atomic E-state index is 0.0714. The van der Waals surface area contributed by atoms with E-state index in [1.165, 1.54) is 5.57 Å². The van der Waals surface area contributed by atoms with E-state index in [2.05, 4.69) is 5.32 Å². The van der Waals surface area contributed by atoms with Crippen LogP contribution in [0.2, 0.25) is 10.0 Å². The fourth-order valence-corrected chi connectivity index (χ4v) is 2.73. The summed E-state index contributed by atoms with van der Waals surface area (Å²) in [5, 5.41) is 12.5.